The first-order valence-corrected chi connectivity index (χ1v) is 7.70. The minimum Gasteiger partial charge on any atom is -0.305 e. The quantitative estimate of drug-likeness (QED) is 0.861. The number of benzene rings is 1. The second-order valence-corrected chi connectivity index (χ2v) is 6.16. The van der Waals surface area contributed by atoms with Crippen LogP contribution in [0.5, 0.6) is 0 Å². The Balaban J connectivity index is 1.64. The van der Waals surface area contributed by atoms with E-state index in [-0.39, 0.29) is 0 Å². The summed E-state index contributed by atoms with van der Waals surface area (Å²) in [5, 5.41) is 0. The molecule has 0 aliphatic carbocycles. The van der Waals surface area contributed by atoms with Crippen LogP contribution < -0.4 is 0 Å². The van der Waals surface area contributed by atoms with E-state index < -0.39 is 0 Å². The Kier molecular flexibility index (Phi) is 4.19. The van der Waals surface area contributed by atoms with Crippen molar-refractivity contribution in [1.29, 1.82) is 0 Å². The summed E-state index contributed by atoms with van der Waals surface area (Å²) >= 11 is 3.37. The van der Waals surface area contributed by atoms with Crippen molar-refractivity contribution in [3.63, 3.8) is 0 Å². The molecule has 0 N–H and O–H groups in total. The highest BCUT2D eigenvalue weighted by Crippen LogP contribution is 2.14. The predicted octanol–water partition coefficient (Wildman–Crippen LogP) is 2.38. The molecule has 0 radical (unpaired) electrons. The van der Waals surface area contributed by atoms with Crippen LogP contribution in [0.1, 0.15) is 5.56 Å². The molecule has 0 bridgehead atoms. The molecule has 20 heavy (non-hydrogen) atoms. The SMILES string of the molecule is CN1CCN(Cc2ccc(-n3cnc(Br)c3)cc2)CC1. The number of imidazole rings is 1. The summed E-state index contributed by atoms with van der Waals surface area (Å²) in [6.45, 7) is 5.70. The number of hydrogen-bond acceptors (Lipinski definition) is 3. The highest BCUT2D eigenvalue weighted by molar-refractivity contribution is 9.10. The van der Waals surface area contributed by atoms with Gasteiger partial charge in [-0.3, -0.25) is 4.90 Å². The van der Waals surface area contributed by atoms with Gasteiger partial charge in [0.2, 0.25) is 0 Å². The molecule has 0 amide bonds. The fourth-order valence-corrected chi connectivity index (χ4v) is 2.79. The zero-order valence-electron chi connectivity index (χ0n) is 11.7. The third-order valence-electron chi connectivity index (χ3n) is 3.79. The normalized spacial score (nSPS) is 17.5. The van der Waals surface area contributed by atoms with Crippen molar-refractivity contribution in [3.8, 4) is 5.69 Å². The van der Waals surface area contributed by atoms with E-state index in [1.807, 2.05) is 17.1 Å². The Bertz CT molecular complexity index is 556. The van der Waals surface area contributed by atoms with Crippen LogP contribution in [0.3, 0.4) is 0 Å². The van der Waals surface area contributed by atoms with Crippen LogP contribution in [-0.2, 0) is 6.54 Å². The van der Waals surface area contributed by atoms with Crippen molar-refractivity contribution in [3.05, 3.63) is 47.0 Å². The Morgan fingerprint density at radius 3 is 2.40 bits per heavy atom. The molecule has 106 valence electrons. The molecule has 4 nitrogen and oxygen atoms in total. The van der Waals surface area contributed by atoms with E-state index in [1.54, 1.807) is 0 Å². The smallest absolute Gasteiger partial charge is 0.124 e. The summed E-state index contributed by atoms with van der Waals surface area (Å²) in [5.41, 5.74) is 2.52. The number of likely N-dealkylation sites (N-methyl/N-ethyl adjacent to an activating group) is 1. The van der Waals surface area contributed by atoms with Crippen molar-refractivity contribution < 1.29 is 0 Å². The zero-order valence-corrected chi connectivity index (χ0v) is 13.3. The van der Waals surface area contributed by atoms with Crippen LogP contribution in [0.2, 0.25) is 0 Å². The van der Waals surface area contributed by atoms with E-state index in [2.05, 4.69) is 62.0 Å². The summed E-state index contributed by atoms with van der Waals surface area (Å²) in [4.78, 5) is 9.08. The van der Waals surface area contributed by atoms with E-state index in [0.29, 0.717) is 0 Å². The van der Waals surface area contributed by atoms with Gasteiger partial charge in [-0.05, 0) is 40.7 Å². The number of aromatic nitrogens is 2. The predicted molar refractivity (Wildman–Crippen MR) is 84.0 cm³/mol. The standard InChI is InChI=1S/C15H19BrN4/c1-18-6-8-19(9-7-18)10-13-2-4-14(5-3-13)20-11-15(16)17-12-20/h2-5,11-12H,6-10H2,1H3. The molecule has 2 heterocycles. The maximum Gasteiger partial charge on any atom is 0.124 e. The van der Waals surface area contributed by atoms with Crippen LogP contribution in [0.15, 0.2) is 41.4 Å². The van der Waals surface area contributed by atoms with E-state index >= 15 is 0 Å². The summed E-state index contributed by atoms with van der Waals surface area (Å²) in [6.07, 6.45) is 3.79. The highest BCUT2D eigenvalue weighted by atomic mass is 79.9. The second-order valence-electron chi connectivity index (χ2n) is 5.35. The summed E-state index contributed by atoms with van der Waals surface area (Å²) in [6, 6.07) is 8.72. The van der Waals surface area contributed by atoms with Crippen molar-refractivity contribution in [2.75, 3.05) is 33.2 Å². The Morgan fingerprint density at radius 2 is 1.80 bits per heavy atom. The molecule has 1 aliphatic rings. The molecular formula is C15H19BrN4. The van der Waals surface area contributed by atoms with Gasteiger partial charge in [0.25, 0.3) is 0 Å². The lowest BCUT2D eigenvalue weighted by Crippen LogP contribution is -2.43. The van der Waals surface area contributed by atoms with Gasteiger partial charge in [-0.25, -0.2) is 4.98 Å². The first kappa shape index (κ1) is 13.8. The third kappa shape index (κ3) is 3.29. The number of piperazine rings is 1. The molecule has 1 fully saturated rings. The van der Waals surface area contributed by atoms with E-state index in [9.17, 15) is 0 Å². The largest absolute Gasteiger partial charge is 0.305 e. The zero-order chi connectivity index (χ0) is 13.9. The van der Waals surface area contributed by atoms with Crippen LogP contribution in [0, 0.1) is 0 Å². The molecule has 1 aromatic heterocycles. The van der Waals surface area contributed by atoms with Crippen molar-refractivity contribution in [1.82, 2.24) is 19.4 Å². The van der Waals surface area contributed by atoms with E-state index in [0.717, 1.165) is 29.9 Å². The molecular weight excluding hydrogens is 316 g/mol. The Hall–Kier alpha value is -1.17. The minimum absolute atomic E-state index is 0.860. The molecule has 0 unspecified atom stereocenters. The van der Waals surface area contributed by atoms with Gasteiger partial charge in [0, 0.05) is 44.6 Å². The topological polar surface area (TPSA) is 24.3 Å². The van der Waals surface area contributed by atoms with E-state index in [1.165, 1.54) is 18.7 Å². The van der Waals surface area contributed by atoms with E-state index in [4.69, 9.17) is 0 Å². The third-order valence-corrected chi connectivity index (χ3v) is 4.20. The van der Waals surface area contributed by atoms with Gasteiger partial charge in [0.15, 0.2) is 0 Å². The molecule has 2 aromatic rings. The molecule has 0 spiro atoms. The molecule has 5 heteroatoms. The first-order chi connectivity index (χ1) is 9.70. The molecule has 0 atom stereocenters. The Labute approximate surface area is 128 Å². The summed E-state index contributed by atoms with van der Waals surface area (Å²) < 4.78 is 2.88. The number of halogens is 1. The monoisotopic (exact) mass is 334 g/mol. The van der Waals surface area contributed by atoms with Gasteiger partial charge in [-0.15, -0.1) is 0 Å². The van der Waals surface area contributed by atoms with Gasteiger partial charge in [-0.1, -0.05) is 12.1 Å². The Morgan fingerprint density at radius 1 is 1.10 bits per heavy atom. The molecule has 1 aromatic carbocycles. The minimum atomic E-state index is 0.860. The molecule has 1 aliphatic heterocycles. The maximum absolute atomic E-state index is 4.18. The first-order valence-electron chi connectivity index (χ1n) is 6.90. The van der Waals surface area contributed by atoms with Crippen LogP contribution in [-0.4, -0.2) is 52.6 Å². The van der Waals surface area contributed by atoms with Crippen molar-refractivity contribution in [2.24, 2.45) is 0 Å². The van der Waals surface area contributed by atoms with Gasteiger partial charge in [-0.2, -0.15) is 0 Å². The van der Waals surface area contributed by atoms with Gasteiger partial charge in [0.05, 0.1) is 0 Å². The van der Waals surface area contributed by atoms with Gasteiger partial charge >= 0.3 is 0 Å². The number of rotatable bonds is 3. The molecule has 3 rings (SSSR count). The lowest BCUT2D eigenvalue weighted by molar-refractivity contribution is 0.148. The lowest BCUT2D eigenvalue weighted by atomic mass is 10.2. The summed E-state index contributed by atoms with van der Waals surface area (Å²) in [5.74, 6) is 0. The van der Waals surface area contributed by atoms with Crippen molar-refractivity contribution in [2.45, 2.75) is 6.54 Å². The maximum atomic E-state index is 4.18. The molecule has 0 saturated carbocycles. The van der Waals surface area contributed by atoms with Crippen LogP contribution >= 0.6 is 15.9 Å². The number of hydrogen-bond donors (Lipinski definition) is 0. The fraction of sp³-hybridized carbons (Fsp3) is 0.400. The number of nitrogens with zero attached hydrogens (tertiary/aromatic N) is 4. The average Bonchev–Trinajstić information content (AvgIpc) is 2.89. The van der Waals surface area contributed by atoms with Crippen LogP contribution in [0.4, 0.5) is 0 Å². The van der Waals surface area contributed by atoms with Gasteiger partial charge < -0.3 is 9.47 Å². The van der Waals surface area contributed by atoms with Crippen LogP contribution in [0.25, 0.3) is 5.69 Å². The average molecular weight is 335 g/mol. The van der Waals surface area contributed by atoms with Gasteiger partial charge in [0.1, 0.15) is 10.9 Å². The molecule has 1 saturated heterocycles. The summed E-state index contributed by atoms with van der Waals surface area (Å²) in [7, 11) is 2.19. The second kappa shape index (κ2) is 6.08. The highest BCUT2D eigenvalue weighted by Gasteiger charge is 2.13. The fourth-order valence-electron chi connectivity index (χ4n) is 2.48. The lowest BCUT2D eigenvalue weighted by Gasteiger charge is -2.32. The van der Waals surface area contributed by atoms with Crippen molar-refractivity contribution >= 4 is 15.9 Å².